The minimum atomic E-state index is -0.375. The largest absolute Gasteiger partial charge is 0.494 e. The molecule has 0 saturated carbocycles. The molecule has 1 aromatic carbocycles. The van der Waals surface area contributed by atoms with E-state index < -0.39 is 0 Å². The molecule has 3 aromatic rings. The predicted molar refractivity (Wildman–Crippen MR) is 108 cm³/mol. The zero-order valence-corrected chi connectivity index (χ0v) is 16.3. The van der Waals surface area contributed by atoms with Gasteiger partial charge in [0.25, 0.3) is 0 Å². The summed E-state index contributed by atoms with van der Waals surface area (Å²) in [6.45, 7) is 3.81. The molecule has 8 heteroatoms. The summed E-state index contributed by atoms with van der Waals surface area (Å²) < 4.78 is 11.5. The Bertz CT molecular complexity index is 912. The number of nitrogens with zero attached hydrogens (tertiary/aromatic N) is 2. The monoisotopic (exact) mass is 399 g/mol. The third-order valence-electron chi connectivity index (χ3n) is 3.83. The summed E-state index contributed by atoms with van der Waals surface area (Å²) in [4.78, 5) is 14.7. The lowest BCUT2D eigenvalue weighted by Crippen LogP contribution is -2.13. The lowest BCUT2D eigenvalue weighted by atomic mass is 10.2. The molecule has 0 radical (unpaired) electrons. The van der Waals surface area contributed by atoms with Crippen LogP contribution in [0.25, 0.3) is 0 Å². The molecule has 0 aliphatic rings. The summed E-state index contributed by atoms with van der Waals surface area (Å²) in [7, 11) is 0. The van der Waals surface area contributed by atoms with Gasteiger partial charge in [-0.3, -0.25) is 10.1 Å². The van der Waals surface area contributed by atoms with Gasteiger partial charge in [-0.1, -0.05) is 24.3 Å². The van der Waals surface area contributed by atoms with Crippen LogP contribution in [0.2, 0.25) is 0 Å². The fraction of sp³-hybridized carbons (Fsp3) is 0.250. The highest BCUT2D eigenvalue weighted by Gasteiger charge is 2.10. The van der Waals surface area contributed by atoms with Crippen molar-refractivity contribution in [2.24, 2.45) is 0 Å². The number of rotatable bonds is 10. The second kappa shape index (κ2) is 9.82. The molecule has 0 fully saturated rings. The fourth-order valence-electron chi connectivity index (χ4n) is 2.48. The Balaban J connectivity index is 1.58. The molecule has 0 amide bonds. The van der Waals surface area contributed by atoms with Crippen LogP contribution in [0.15, 0.2) is 54.0 Å². The number of aromatic nitrogens is 1. The van der Waals surface area contributed by atoms with Gasteiger partial charge in [-0.15, -0.1) is 0 Å². The molecular formula is C20H21N3O4S. The minimum absolute atomic E-state index is 0.147. The van der Waals surface area contributed by atoms with E-state index in [2.05, 4.69) is 17.2 Å². The Labute approximate surface area is 167 Å². The smallest absolute Gasteiger partial charge is 0.324 e. The van der Waals surface area contributed by atoms with Crippen LogP contribution in [-0.2, 0) is 13.1 Å². The quantitative estimate of drug-likeness (QED) is 0.384. The van der Waals surface area contributed by atoms with Crippen LogP contribution < -0.4 is 14.8 Å². The third-order valence-corrected chi connectivity index (χ3v) is 4.75. The number of hydrogen-bond donors (Lipinski definition) is 1. The number of nitro groups is 1. The molecule has 7 nitrogen and oxygen atoms in total. The van der Waals surface area contributed by atoms with Gasteiger partial charge in [0, 0.05) is 36.3 Å². The van der Waals surface area contributed by atoms with Gasteiger partial charge < -0.3 is 14.8 Å². The first-order chi connectivity index (χ1) is 13.7. The molecule has 0 aliphatic carbocycles. The number of ether oxygens (including phenoxy) is 2. The van der Waals surface area contributed by atoms with Gasteiger partial charge in [-0.05, 0) is 42.3 Å². The summed E-state index contributed by atoms with van der Waals surface area (Å²) in [5.41, 5.74) is 1.78. The van der Waals surface area contributed by atoms with Crippen LogP contribution in [-0.4, -0.2) is 16.5 Å². The normalized spacial score (nSPS) is 10.6. The topological polar surface area (TPSA) is 86.5 Å². The van der Waals surface area contributed by atoms with Crippen LogP contribution in [0, 0.1) is 10.1 Å². The molecule has 2 heterocycles. The average molecular weight is 399 g/mol. The Morgan fingerprint density at radius 1 is 1.18 bits per heavy atom. The van der Waals surface area contributed by atoms with E-state index in [0.29, 0.717) is 31.3 Å². The summed E-state index contributed by atoms with van der Waals surface area (Å²) in [6.07, 6.45) is 2.64. The summed E-state index contributed by atoms with van der Waals surface area (Å²) in [5.74, 6) is 2.01. The Morgan fingerprint density at radius 3 is 2.68 bits per heavy atom. The number of thiophene rings is 1. The first kappa shape index (κ1) is 19.8. The third kappa shape index (κ3) is 5.51. The molecule has 0 bridgehead atoms. The standard InChI is InChI=1S/C20H21N3O4S/c1-2-10-26-17-5-7-18(8-6-17)27-20-16(4-3-9-22-20)13-21-12-15-11-19(23(24)25)28-14-15/h3-9,11,14,21H,2,10,12-13H2,1H3. The van der Waals surface area contributed by atoms with E-state index in [1.165, 1.54) is 0 Å². The first-order valence-corrected chi connectivity index (χ1v) is 9.81. The van der Waals surface area contributed by atoms with Crippen molar-refractivity contribution in [1.29, 1.82) is 0 Å². The molecule has 28 heavy (non-hydrogen) atoms. The summed E-state index contributed by atoms with van der Waals surface area (Å²) >= 11 is 1.13. The fourth-order valence-corrected chi connectivity index (χ4v) is 3.21. The number of hydrogen-bond acceptors (Lipinski definition) is 7. The number of pyridine rings is 1. The molecule has 1 N–H and O–H groups in total. The second-order valence-corrected chi connectivity index (χ2v) is 6.93. The molecular weight excluding hydrogens is 378 g/mol. The van der Waals surface area contributed by atoms with Gasteiger partial charge in [-0.25, -0.2) is 4.98 Å². The van der Waals surface area contributed by atoms with Crippen molar-refractivity contribution in [1.82, 2.24) is 10.3 Å². The van der Waals surface area contributed by atoms with E-state index >= 15 is 0 Å². The zero-order valence-electron chi connectivity index (χ0n) is 15.5. The molecule has 2 aromatic heterocycles. The zero-order chi connectivity index (χ0) is 19.8. The second-order valence-electron chi connectivity index (χ2n) is 6.04. The van der Waals surface area contributed by atoms with Gasteiger partial charge in [0.15, 0.2) is 0 Å². The molecule has 3 rings (SSSR count). The molecule has 0 spiro atoms. The van der Waals surface area contributed by atoms with Gasteiger partial charge in [0.05, 0.1) is 11.5 Å². The van der Waals surface area contributed by atoms with Crippen molar-refractivity contribution in [3.63, 3.8) is 0 Å². The van der Waals surface area contributed by atoms with E-state index in [9.17, 15) is 10.1 Å². The maximum Gasteiger partial charge on any atom is 0.324 e. The lowest BCUT2D eigenvalue weighted by Gasteiger charge is -2.11. The van der Waals surface area contributed by atoms with E-state index in [0.717, 1.165) is 34.6 Å². The molecule has 0 aliphatic heterocycles. The SMILES string of the molecule is CCCOc1ccc(Oc2ncccc2CNCc2csc([N+](=O)[O-])c2)cc1. The maximum absolute atomic E-state index is 10.8. The number of benzene rings is 1. The van der Waals surface area contributed by atoms with Crippen molar-refractivity contribution in [2.75, 3.05) is 6.61 Å². The summed E-state index contributed by atoms with van der Waals surface area (Å²) in [5, 5.41) is 16.0. The van der Waals surface area contributed by atoms with Crippen molar-refractivity contribution in [2.45, 2.75) is 26.4 Å². The van der Waals surface area contributed by atoms with Gasteiger partial charge in [-0.2, -0.15) is 0 Å². The van der Waals surface area contributed by atoms with Crippen LogP contribution >= 0.6 is 11.3 Å². The van der Waals surface area contributed by atoms with Crippen molar-refractivity contribution >= 4 is 16.3 Å². The van der Waals surface area contributed by atoms with Crippen LogP contribution in [0.3, 0.4) is 0 Å². The highest BCUT2D eigenvalue weighted by atomic mass is 32.1. The number of nitrogens with one attached hydrogen (secondary N) is 1. The van der Waals surface area contributed by atoms with Crippen LogP contribution in [0.5, 0.6) is 17.4 Å². The maximum atomic E-state index is 10.8. The lowest BCUT2D eigenvalue weighted by molar-refractivity contribution is -0.380. The van der Waals surface area contributed by atoms with Crippen molar-refractivity contribution in [3.05, 3.63) is 75.3 Å². The van der Waals surface area contributed by atoms with Crippen molar-refractivity contribution < 1.29 is 14.4 Å². The highest BCUT2D eigenvalue weighted by molar-refractivity contribution is 7.13. The van der Waals surface area contributed by atoms with Crippen LogP contribution in [0.4, 0.5) is 5.00 Å². The Kier molecular flexibility index (Phi) is 6.94. The van der Waals surface area contributed by atoms with E-state index in [1.807, 2.05) is 36.4 Å². The predicted octanol–water partition coefficient (Wildman–Crippen LogP) is 4.92. The van der Waals surface area contributed by atoms with Crippen molar-refractivity contribution in [3.8, 4) is 17.4 Å². The van der Waals surface area contributed by atoms with E-state index in [1.54, 1.807) is 17.6 Å². The highest BCUT2D eigenvalue weighted by Crippen LogP contribution is 2.26. The van der Waals surface area contributed by atoms with Gasteiger partial charge >= 0.3 is 5.00 Å². The van der Waals surface area contributed by atoms with E-state index in [-0.39, 0.29) is 9.92 Å². The molecule has 0 saturated heterocycles. The van der Waals surface area contributed by atoms with Gasteiger partial charge in [0.1, 0.15) is 11.5 Å². The van der Waals surface area contributed by atoms with E-state index in [4.69, 9.17) is 9.47 Å². The molecule has 146 valence electrons. The summed E-state index contributed by atoms with van der Waals surface area (Å²) in [6, 6.07) is 12.8. The average Bonchev–Trinajstić information content (AvgIpc) is 3.18. The minimum Gasteiger partial charge on any atom is -0.494 e. The van der Waals surface area contributed by atoms with Gasteiger partial charge in [0.2, 0.25) is 5.88 Å². The molecule has 0 unspecified atom stereocenters. The first-order valence-electron chi connectivity index (χ1n) is 8.93. The molecule has 0 atom stereocenters. The van der Waals surface area contributed by atoms with Crippen LogP contribution in [0.1, 0.15) is 24.5 Å². The Morgan fingerprint density at radius 2 is 1.96 bits per heavy atom. The Hall–Kier alpha value is -2.97.